The largest absolute Gasteiger partial charge is 0.309 e. The molecule has 0 N–H and O–H groups in total. The minimum atomic E-state index is 0.875. The van der Waals surface area contributed by atoms with Crippen LogP contribution in [0.4, 0.5) is 5.69 Å². The number of hydrogen-bond acceptors (Lipinski definition) is 1. The Bertz CT molecular complexity index is 4460. The lowest BCUT2D eigenvalue weighted by atomic mass is 9.98. The fraction of sp³-hybridized carbons (Fsp3) is 0.0152. The Kier molecular flexibility index (Phi) is 9.20. The van der Waals surface area contributed by atoms with E-state index in [4.69, 9.17) is 0 Å². The molecule has 5 nitrogen and oxygen atoms in total. The lowest BCUT2D eigenvalue weighted by Crippen LogP contribution is -1.97. The lowest BCUT2D eigenvalue weighted by molar-refractivity contribution is 1.10. The van der Waals surface area contributed by atoms with Gasteiger partial charge in [0.1, 0.15) is 0 Å². The van der Waals surface area contributed by atoms with Crippen LogP contribution in [0.1, 0.15) is 12.6 Å². The summed E-state index contributed by atoms with van der Waals surface area (Å²) < 4.78 is 9.46. The van der Waals surface area contributed by atoms with E-state index in [-0.39, 0.29) is 0 Å². The van der Waals surface area contributed by atoms with Crippen molar-refractivity contribution in [1.29, 1.82) is 0 Å². The lowest BCUT2D eigenvalue weighted by Gasteiger charge is -2.11. The topological polar surface area (TPSA) is 32.1 Å². The van der Waals surface area contributed by atoms with Crippen molar-refractivity contribution < 1.29 is 0 Å². The van der Waals surface area contributed by atoms with Gasteiger partial charge in [-0.1, -0.05) is 133 Å². The highest BCUT2D eigenvalue weighted by atomic mass is 15.0. The third-order valence-corrected chi connectivity index (χ3v) is 14.5. The van der Waals surface area contributed by atoms with Crippen LogP contribution in [0.2, 0.25) is 0 Å². The molecule has 0 unspecified atom stereocenters. The molecule has 0 bridgehead atoms. The second-order valence-electron chi connectivity index (χ2n) is 18.4. The molecule has 0 aliphatic rings. The minimum absolute atomic E-state index is 0.875. The maximum absolute atomic E-state index is 4.61. The maximum Gasteiger partial charge on any atom is 0.0956 e. The number of benzene rings is 10. The second kappa shape index (κ2) is 16.1. The summed E-state index contributed by atoms with van der Waals surface area (Å²) >= 11 is 0. The van der Waals surface area contributed by atoms with Gasteiger partial charge in [-0.05, 0) is 145 Å². The molecular weight excluding hydrogens is 863 g/mol. The normalized spacial score (nSPS) is 12.0. The van der Waals surface area contributed by atoms with Gasteiger partial charge >= 0.3 is 0 Å². The fourth-order valence-electron chi connectivity index (χ4n) is 11.4. The third-order valence-electron chi connectivity index (χ3n) is 14.5. The Labute approximate surface area is 410 Å². The highest BCUT2D eigenvalue weighted by Gasteiger charge is 2.21. The van der Waals surface area contributed by atoms with Crippen LogP contribution >= 0.6 is 0 Å². The molecule has 14 rings (SSSR count). The average molecular weight is 908 g/mol. The number of hydrogen-bond donors (Lipinski definition) is 0. The van der Waals surface area contributed by atoms with Gasteiger partial charge in [0.25, 0.3) is 0 Å². The second-order valence-corrected chi connectivity index (χ2v) is 18.4. The Morgan fingerprint density at radius 3 is 1.13 bits per heavy atom. The summed E-state index contributed by atoms with van der Waals surface area (Å²) in [6.45, 7) is 6.08. The molecule has 14 aromatic rings. The van der Waals surface area contributed by atoms with Gasteiger partial charge in [-0.3, -0.25) is 4.99 Å². The molecule has 71 heavy (non-hydrogen) atoms. The monoisotopic (exact) mass is 907 g/mol. The standard InChI is InChI=1S/C66H45N5/c1-3-16-65-66(67-2)57-42-50(34-38-64(57)69(65)48-19-8-5-9-20-48)71-60-26-15-11-22-52(60)55-40-46(32-36-62(55)71)44-29-27-43(28-30-44)45-31-35-61-54(39-45)51-21-10-14-25-59(51)70(61)49-33-37-63-56(41-49)53-23-12-13-24-58(53)68(63)47-17-6-4-7-18-47/h3-42H,2H2,1H3/b16-3-. The number of nitrogens with zero attached hydrogens (tertiary/aromatic N) is 5. The zero-order valence-electron chi connectivity index (χ0n) is 39.0. The molecule has 4 heterocycles. The van der Waals surface area contributed by atoms with Gasteiger partial charge in [-0.2, -0.15) is 0 Å². The number of fused-ring (bicyclic) bond motifs is 10. The van der Waals surface area contributed by atoms with Crippen molar-refractivity contribution in [3.8, 4) is 45.0 Å². The van der Waals surface area contributed by atoms with E-state index in [2.05, 4.69) is 267 Å². The van der Waals surface area contributed by atoms with Crippen molar-refractivity contribution in [2.45, 2.75) is 6.92 Å². The van der Waals surface area contributed by atoms with Gasteiger partial charge < -0.3 is 18.3 Å². The van der Waals surface area contributed by atoms with Gasteiger partial charge in [-0.15, -0.1) is 0 Å². The first-order valence-corrected chi connectivity index (χ1v) is 24.2. The van der Waals surface area contributed by atoms with Crippen LogP contribution in [0.15, 0.2) is 242 Å². The van der Waals surface area contributed by atoms with Crippen molar-refractivity contribution in [2.24, 2.45) is 4.99 Å². The molecule has 0 saturated carbocycles. The summed E-state index contributed by atoms with van der Waals surface area (Å²) in [5, 5.41) is 8.44. The Morgan fingerprint density at radius 1 is 0.310 bits per heavy atom. The number of aliphatic imine (C=N–C) groups is 1. The van der Waals surface area contributed by atoms with Crippen LogP contribution in [0.3, 0.4) is 0 Å². The Balaban J connectivity index is 0.832. The number of rotatable bonds is 8. The van der Waals surface area contributed by atoms with Crippen LogP contribution in [0, 0.1) is 0 Å². The van der Waals surface area contributed by atoms with Gasteiger partial charge in [-0.25, -0.2) is 0 Å². The van der Waals surface area contributed by atoms with E-state index < -0.39 is 0 Å². The molecule has 4 aromatic heterocycles. The van der Waals surface area contributed by atoms with Crippen molar-refractivity contribution in [3.05, 3.63) is 242 Å². The summed E-state index contributed by atoms with van der Waals surface area (Å²) in [7, 11) is 0. The van der Waals surface area contributed by atoms with Crippen molar-refractivity contribution in [3.63, 3.8) is 0 Å². The molecule has 0 spiro atoms. The van der Waals surface area contributed by atoms with E-state index in [1.165, 1.54) is 76.6 Å². The molecule has 0 aliphatic carbocycles. The van der Waals surface area contributed by atoms with Crippen molar-refractivity contribution in [2.75, 3.05) is 0 Å². The van der Waals surface area contributed by atoms with Gasteiger partial charge in [0, 0.05) is 60.5 Å². The average Bonchev–Trinajstić information content (AvgIpc) is 4.15. The number of aromatic nitrogens is 4. The van der Waals surface area contributed by atoms with E-state index in [0.717, 1.165) is 56.1 Å². The highest BCUT2D eigenvalue weighted by molar-refractivity contribution is 6.14. The van der Waals surface area contributed by atoms with Gasteiger partial charge in [0.05, 0.1) is 50.0 Å². The molecule has 334 valence electrons. The predicted octanol–water partition coefficient (Wildman–Crippen LogP) is 17.6. The molecule has 5 heteroatoms. The summed E-state index contributed by atoms with van der Waals surface area (Å²) in [6.07, 6.45) is 4.19. The number of allylic oxidation sites excluding steroid dienone is 1. The molecule has 0 aliphatic heterocycles. The van der Waals surface area contributed by atoms with Crippen LogP contribution in [0.25, 0.3) is 127 Å². The summed E-state index contributed by atoms with van der Waals surface area (Å²) in [4.78, 5) is 4.61. The first kappa shape index (κ1) is 40.6. The smallest absolute Gasteiger partial charge is 0.0956 e. The van der Waals surface area contributed by atoms with Crippen molar-refractivity contribution >= 4 is 94.8 Å². The van der Waals surface area contributed by atoms with Gasteiger partial charge in [0.15, 0.2) is 0 Å². The summed E-state index contributed by atoms with van der Waals surface area (Å²) in [5.74, 6) is 0. The SMILES string of the molecule is C=Nc1c(/C=C\C)n(-c2ccccc2)c2ccc(-n3c4ccccc4c4cc(-c5ccc(-c6ccc7c(c6)c6ccccc6n7-c6ccc7c(c6)c6ccccc6n7-c6ccccc6)cc5)ccc43)cc12. The Hall–Kier alpha value is -9.45. The molecule has 10 aromatic carbocycles. The highest BCUT2D eigenvalue weighted by Crippen LogP contribution is 2.42. The zero-order valence-corrected chi connectivity index (χ0v) is 39.0. The third kappa shape index (κ3) is 6.23. The van der Waals surface area contributed by atoms with Crippen molar-refractivity contribution in [1.82, 2.24) is 18.3 Å². The van der Waals surface area contributed by atoms with E-state index in [0.29, 0.717) is 0 Å². The van der Waals surface area contributed by atoms with Crippen LogP contribution in [0.5, 0.6) is 0 Å². The van der Waals surface area contributed by atoms with E-state index in [1.54, 1.807) is 0 Å². The summed E-state index contributed by atoms with van der Waals surface area (Å²) in [6, 6.07) is 83.9. The maximum atomic E-state index is 4.61. The fourth-order valence-corrected chi connectivity index (χ4v) is 11.4. The molecule has 0 amide bonds. The summed E-state index contributed by atoms with van der Waals surface area (Å²) in [5.41, 5.74) is 19.3. The molecule has 0 radical (unpaired) electrons. The van der Waals surface area contributed by atoms with E-state index in [9.17, 15) is 0 Å². The number of para-hydroxylation sites is 5. The van der Waals surface area contributed by atoms with Crippen LogP contribution in [-0.2, 0) is 0 Å². The Morgan fingerprint density at radius 2 is 0.662 bits per heavy atom. The first-order valence-electron chi connectivity index (χ1n) is 24.2. The molecule has 0 saturated heterocycles. The molecular formula is C66H45N5. The van der Waals surface area contributed by atoms with E-state index in [1.807, 2.05) is 13.0 Å². The predicted molar refractivity (Wildman–Crippen MR) is 301 cm³/mol. The minimum Gasteiger partial charge on any atom is -0.309 e. The van der Waals surface area contributed by atoms with Crippen LogP contribution < -0.4 is 0 Å². The first-order chi connectivity index (χ1) is 35.1. The van der Waals surface area contributed by atoms with E-state index >= 15 is 0 Å². The van der Waals surface area contributed by atoms with Crippen LogP contribution in [-0.4, -0.2) is 25.0 Å². The molecule has 0 fully saturated rings. The quantitative estimate of drug-likeness (QED) is 0.136. The zero-order chi connectivity index (χ0) is 47.2. The van der Waals surface area contributed by atoms with Gasteiger partial charge in [0.2, 0.25) is 0 Å². The molecule has 0 atom stereocenters.